The largest absolute Gasteiger partial charge is 0.345 e. The lowest BCUT2D eigenvalue weighted by Gasteiger charge is -2.06. The van der Waals surface area contributed by atoms with Crippen molar-refractivity contribution in [3.8, 4) is 0 Å². The predicted octanol–water partition coefficient (Wildman–Crippen LogP) is 3.01. The van der Waals surface area contributed by atoms with Gasteiger partial charge in [0.25, 0.3) is 0 Å². The van der Waals surface area contributed by atoms with Crippen LogP contribution < -0.4 is 5.84 Å². The second-order valence-electron chi connectivity index (χ2n) is 6.10. The Balaban J connectivity index is 1.61. The SMILES string of the molecule is N/N=C(/c1ccc(CCC2CC2)nc1)c1c[nH]c2ncccc12. The van der Waals surface area contributed by atoms with Gasteiger partial charge in [-0.05, 0) is 43.0 Å². The summed E-state index contributed by atoms with van der Waals surface area (Å²) in [6, 6.07) is 8.05. The molecule has 3 aromatic rings. The molecule has 3 N–H and O–H groups in total. The highest BCUT2D eigenvalue weighted by Gasteiger charge is 2.20. The fraction of sp³-hybridized carbons (Fsp3) is 0.278. The minimum atomic E-state index is 0.727. The molecule has 116 valence electrons. The minimum Gasteiger partial charge on any atom is -0.345 e. The topological polar surface area (TPSA) is 80.0 Å². The Morgan fingerprint density at radius 1 is 1.26 bits per heavy atom. The van der Waals surface area contributed by atoms with Gasteiger partial charge in [0.15, 0.2) is 0 Å². The maximum absolute atomic E-state index is 5.66. The molecule has 0 bridgehead atoms. The van der Waals surface area contributed by atoms with Crippen molar-refractivity contribution in [1.29, 1.82) is 0 Å². The summed E-state index contributed by atoms with van der Waals surface area (Å²) in [7, 11) is 0. The molecule has 3 heterocycles. The zero-order valence-electron chi connectivity index (χ0n) is 12.9. The lowest BCUT2D eigenvalue weighted by atomic mass is 10.0. The highest BCUT2D eigenvalue weighted by Crippen LogP contribution is 2.33. The van der Waals surface area contributed by atoms with E-state index in [2.05, 4.69) is 32.2 Å². The number of H-pyrrole nitrogens is 1. The van der Waals surface area contributed by atoms with E-state index in [-0.39, 0.29) is 0 Å². The van der Waals surface area contributed by atoms with E-state index >= 15 is 0 Å². The van der Waals surface area contributed by atoms with Crippen molar-refractivity contribution in [2.45, 2.75) is 25.7 Å². The Hall–Kier alpha value is -2.69. The van der Waals surface area contributed by atoms with E-state index in [1.807, 2.05) is 24.5 Å². The highest BCUT2D eigenvalue weighted by molar-refractivity contribution is 6.18. The molecule has 0 aliphatic heterocycles. The number of aryl methyl sites for hydroxylation is 1. The summed E-state index contributed by atoms with van der Waals surface area (Å²) in [5, 5.41) is 5.00. The van der Waals surface area contributed by atoms with Gasteiger partial charge < -0.3 is 10.8 Å². The molecular weight excluding hydrogens is 286 g/mol. The summed E-state index contributed by atoms with van der Waals surface area (Å²) in [6.07, 6.45) is 10.6. The van der Waals surface area contributed by atoms with E-state index in [1.54, 1.807) is 6.20 Å². The Bertz CT molecular complexity index is 843. The van der Waals surface area contributed by atoms with Crippen molar-refractivity contribution in [2.24, 2.45) is 16.9 Å². The molecule has 0 aromatic carbocycles. The maximum Gasteiger partial charge on any atom is 0.137 e. The third kappa shape index (κ3) is 2.82. The zero-order valence-corrected chi connectivity index (χ0v) is 12.9. The van der Waals surface area contributed by atoms with Crippen LogP contribution in [0.4, 0.5) is 0 Å². The first kappa shape index (κ1) is 13.9. The first-order chi connectivity index (χ1) is 11.3. The van der Waals surface area contributed by atoms with Crippen molar-refractivity contribution in [1.82, 2.24) is 15.0 Å². The zero-order chi connectivity index (χ0) is 15.6. The van der Waals surface area contributed by atoms with Gasteiger partial charge in [-0.25, -0.2) is 4.98 Å². The number of pyridine rings is 2. The Morgan fingerprint density at radius 3 is 2.91 bits per heavy atom. The molecule has 0 spiro atoms. The number of hydrazone groups is 1. The van der Waals surface area contributed by atoms with Gasteiger partial charge in [0, 0.05) is 40.8 Å². The Kier molecular flexibility index (Phi) is 3.54. The summed E-state index contributed by atoms with van der Waals surface area (Å²) in [5.74, 6) is 6.58. The molecule has 0 atom stereocenters. The quantitative estimate of drug-likeness (QED) is 0.432. The van der Waals surface area contributed by atoms with Crippen LogP contribution in [0, 0.1) is 5.92 Å². The third-order valence-electron chi connectivity index (χ3n) is 4.44. The molecule has 0 saturated heterocycles. The molecule has 0 amide bonds. The lowest BCUT2D eigenvalue weighted by Crippen LogP contribution is -2.07. The molecule has 0 radical (unpaired) electrons. The molecule has 1 fully saturated rings. The Labute approximate surface area is 134 Å². The van der Waals surface area contributed by atoms with Crippen LogP contribution in [0.2, 0.25) is 0 Å². The van der Waals surface area contributed by atoms with E-state index in [4.69, 9.17) is 5.84 Å². The first-order valence-electron chi connectivity index (χ1n) is 8.01. The average Bonchev–Trinajstić information content (AvgIpc) is 3.34. The summed E-state index contributed by atoms with van der Waals surface area (Å²) in [5.41, 5.74) is 4.57. The molecule has 1 saturated carbocycles. The summed E-state index contributed by atoms with van der Waals surface area (Å²) >= 11 is 0. The van der Waals surface area contributed by atoms with Gasteiger partial charge in [-0.1, -0.05) is 12.8 Å². The number of hydrogen-bond acceptors (Lipinski definition) is 4. The summed E-state index contributed by atoms with van der Waals surface area (Å²) in [4.78, 5) is 12.0. The van der Waals surface area contributed by atoms with Crippen molar-refractivity contribution in [2.75, 3.05) is 0 Å². The van der Waals surface area contributed by atoms with E-state index in [0.29, 0.717) is 0 Å². The van der Waals surface area contributed by atoms with Crippen LogP contribution in [-0.2, 0) is 6.42 Å². The number of aromatic amines is 1. The van der Waals surface area contributed by atoms with Gasteiger partial charge in [-0.15, -0.1) is 0 Å². The van der Waals surface area contributed by atoms with E-state index < -0.39 is 0 Å². The van der Waals surface area contributed by atoms with Gasteiger partial charge in [0.1, 0.15) is 11.4 Å². The van der Waals surface area contributed by atoms with Gasteiger partial charge in [0.05, 0.1) is 0 Å². The number of hydrogen-bond donors (Lipinski definition) is 2. The normalized spacial score (nSPS) is 15.2. The number of nitrogens with one attached hydrogen (secondary N) is 1. The summed E-state index contributed by atoms with van der Waals surface area (Å²) in [6.45, 7) is 0. The van der Waals surface area contributed by atoms with Gasteiger partial charge in [0.2, 0.25) is 0 Å². The number of aromatic nitrogens is 3. The van der Waals surface area contributed by atoms with Crippen molar-refractivity contribution in [3.05, 3.63) is 59.7 Å². The van der Waals surface area contributed by atoms with Crippen molar-refractivity contribution < 1.29 is 0 Å². The number of rotatable bonds is 5. The molecule has 1 aliphatic rings. The standard InChI is InChI=1S/C18H19N5/c19-23-17(16-11-22-18-15(16)2-1-9-20-18)13-6-8-14(21-10-13)7-5-12-3-4-12/h1-2,6,8-12H,3-5,7,19H2,(H,20,22)/b23-17-. The molecule has 4 rings (SSSR count). The smallest absolute Gasteiger partial charge is 0.137 e. The van der Waals surface area contributed by atoms with Crippen LogP contribution in [-0.4, -0.2) is 20.7 Å². The van der Waals surface area contributed by atoms with E-state index in [9.17, 15) is 0 Å². The van der Waals surface area contributed by atoms with Crippen LogP contribution in [0.3, 0.4) is 0 Å². The number of nitrogens with zero attached hydrogens (tertiary/aromatic N) is 3. The monoisotopic (exact) mass is 305 g/mol. The fourth-order valence-electron chi connectivity index (χ4n) is 2.92. The second kappa shape index (κ2) is 5.83. The Morgan fingerprint density at radius 2 is 2.17 bits per heavy atom. The van der Waals surface area contributed by atoms with E-state index in [1.165, 1.54) is 19.3 Å². The predicted molar refractivity (Wildman–Crippen MR) is 91.2 cm³/mol. The summed E-state index contributed by atoms with van der Waals surface area (Å²) < 4.78 is 0. The van der Waals surface area contributed by atoms with Gasteiger partial charge >= 0.3 is 0 Å². The molecule has 5 nitrogen and oxygen atoms in total. The van der Waals surface area contributed by atoms with Crippen LogP contribution in [0.15, 0.2) is 48.0 Å². The molecule has 23 heavy (non-hydrogen) atoms. The number of nitrogens with two attached hydrogens (primary N) is 1. The van der Waals surface area contributed by atoms with Crippen LogP contribution in [0.5, 0.6) is 0 Å². The maximum atomic E-state index is 5.66. The molecule has 3 aromatic heterocycles. The van der Waals surface area contributed by atoms with Gasteiger partial charge in [-0.2, -0.15) is 5.10 Å². The molecule has 1 aliphatic carbocycles. The highest BCUT2D eigenvalue weighted by atomic mass is 15.1. The number of fused-ring (bicyclic) bond motifs is 1. The second-order valence-corrected chi connectivity index (χ2v) is 6.10. The third-order valence-corrected chi connectivity index (χ3v) is 4.44. The first-order valence-corrected chi connectivity index (χ1v) is 8.01. The fourth-order valence-corrected chi connectivity index (χ4v) is 2.92. The van der Waals surface area contributed by atoms with Crippen LogP contribution in [0.25, 0.3) is 11.0 Å². The van der Waals surface area contributed by atoms with Gasteiger partial charge in [-0.3, -0.25) is 4.98 Å². The van der Waals surface area contributed by atoms with Crippen molar-refractivity contribution in [3.63, 3.8) is 0 Å². The lowest BCUT2D eigenvalue weighted by molar-refractivity contribution is 0.714. The minimum absolute atomic E-state index is 0.727. The van der Waals surface area contributed by atoms with Crippen LogP contribution >= 0.6 is 0 Å². The van der Waals surface area contributed by atoms with E-state index in [0.717, 1.165) is 45.9 Å². The van der Waals surface area contributed by atoms with Crippen molar-refractivity contribution >= 4 is 16.7 Å². The average molecular weight is 305 g/mol. The molecular formula is C18H19N5. The molecule has 0 unspecified atom stereocenters. The van der Waals surface area contributed by atoms with Crippen LogP contribution in [0.1, 0.15) is 36.1 Å². The molecule has 5 heteroatoms.